The predicted molar refractivity (Wildman–Crippen MR) is 69.8 cm³/mol. The van der Waals surface area contributed by atoms with Gasteiger partial charge in [0, 0.05) is 18.5 Å². The number of anilines is 1. The van der Waals surface area contributed by atoms with Crippen LogP contribution in [0.15, 0.2) is 18.2 Å². The quantitative estimate of drug-likeness (QED) is 0.859. The van der Waals surface area contributed by atoms with E-state index in [1.165, 1.54) is 0 Å². The molecule has 2 rings (SSSR count). The Labute approximate surface area is 107 Å². The number of carbonyl (C=O) groups excluding carboxylic acids is 1. The van der Waals surface area contributed by atoms with Crippen LogP contribution in [0.3, 0.4) is 0 Å². The van der Waals surface area contributed by atoms with Crippen LogP contribution in [0.2, 0.25) is 0 Å². The summed E-state index contributed by atoms with van der Waals surface area (Å²) < 4.78 is 5.75. The van der Waals surface area contributed by atoms with Crippen molar-refractivity contribution in [2.24, 2.45) is 0 Å². The van der Waals surface area contributed by atoms with Crippen molar-refractivity contribution in [2.45, 2.75) is 45.3 Å². The van der Waals surface area contributed by atoms with Crippen molar-refractivity contribution < 1.29 is 14.6 Å². The van der Waals surface area contributed by atoms with E-state index in [-0.39, 0.29) is 18.1 Å². The van der Waals surface area contributed by atoms with E-state index in [2.05, 4.69) is 5.32 Å². The minimum Gasteiger partial charge on any atom is -0.491 e. The van der Waals surface area contributed by atoms with Crippen molar-refractivity contribution in [1.82, 2.24) is 0 Å². The number of aryl methyl sites for hydroxylation is 1. The number of benzene rings is 1. The maximum absolute atomic E-state index is 11.2. The molecule has 1 aliphatic rings. The fraction of sp³-hybridized carbons (Fsp3) is 0.500. The van der Waals surface area contributed by atoms with E-state index in [1.807, 2.05) is 25.1 Å². The van der Waals surface area contributed by atoms with Gasteiger partial charge in [-0.3, -0.25) is 4.79 Å². The predicted octanol–water partition coefficient (Wildman–Crippen LogP) is 2.11. The van der Waals surface area contributed by atoms with Crippen LogP contribution in [-0.2, 0) is 11.2 Å². The lowest BCUT2D eigenvalue weighted by molar-refractivity contribution is -0.116. The van der Waals surface area contributed by atoms with Crippen LogP contribution in [0.25, 0.3) is 0 Å². The zero-order valence-corrected chi connectivity index (χ0v) is 10.8. The smallest absolute Gasteiger partial charge is 0.224 e. The largest absolute Gasteiger partial charge is 0.491 e. The highest BCUT2D eigenvalue weighted by Gasteiger charge is 2.16. The number of ether oxygens (including phenoxy) is 1. The second kappa shape index (κ2) is 5.40. The topological polar surface area (TPSA) is 58.6 Å². The van der Waals surface area contributed by atoms with Gasteiger partial charge in [0.1, 0.15) is 5.75 Å². The Morgan fingerprint density at radius 3 is 2.89 bits per heavy atom. The summed E-state index contributed by atoms with van der Waals surface area (Å²) in [6, 6.07) is 5.69. The van der Waals surface area contributed by atoms with E-state index in [4.69, 9.17) is 4.74 Å². The number of fused-ring (bicyclic) bond motifs is 1. The molecule has 2 unspecified atom stereocenters. The molecule has 98 valence electrons. The fourth-order valence-corrected chi connectivity index (χ4v) is 2.19. The van der Waals surface area contributed by atoms with Gasteiger partial charge < -0.3 is 15.2 Å². The SMILES string of the molecule is CC(O)CC(C)Oc1ccc2c(c1)CCC(=O)N2. The van der Waals surface area contributed by atoms with Crippen LogP contribution >= 0.6 is 0 Å². The Bertz CT molecular complexity index is 443. The van der Waals surface area contributed by atoms with Gasteiger partial charge in [0.2, 0.25) is 5.91 Å². The molecule has 0 saturated heterocycles. The molecule has 1 aromatic rings. The first kappa shape index (κ1) is 12.9. The third-order valence-electron chi connectivity index (χ3n) is 2.98. The molecule has 0 radical (unpaired) electrons. The van der Waals surface area contributed by atoms with Gasteiger partial charge >= 0.3 is 0 Å². The average Bonchev–Trinajstić information content (AvgIpc) is 2.28. The highest BCUT2D eigenvalue weighted by Crippen LogP contribution is 2.27. The molecule has 4 nitrogen and oxygen atoms in total. The van der Waals surface area contributed by atoms with Crippen LogP contribution in [0.4, 0.5) is 5.69 Å². The molecule has 0 saturated carbocycles. The van der Waals surface area contributed by atoms with Crippen molar-refractivity contribution in [3.05, 3.63) is 23.8 Å². The highest BCUT2D eigenvalue weighted by atomic mass is 16.5. The van der Waals surface area contributed by atoms with Gasteiger partial charge in [-0.2, -0.15) is 0 Å². The van der Waals surface area contributed by atoms with Crippen molar-refractivity contribution in [1.29, 1.82) is 0 Å². The Morgan fingerprint density at radius 2 is 2.17 bits per heavy atom. The van der Waals surface area contributed by atoms with Gasteiger partial charge in [0.05, 0.1) is 12.2 Å². The van der Waals surface area contributed by atoms with E-state index >= 15 is 0 Å². The summed E-state index contributed by atoms with van der Waals surface area (Å²) in [4.78, 5) is 11.2. The van der Waals surface area contributed by atoms with E-state index in [9.17, 15) is 9.90 Å². The van der Waals surface area contributed by atoms with Gasteiger partial charge in [-0.25, -0.2) is 0 Å². The number of amides is 1. The Balaban J connectivity index is 2.05. The lowest BCUT2D eigenvalue weighted by Gasteiger charge is -2.20. The fourth-order valence-electron chi connectivity index (χ4n) is 2.19. The van der Waals surface area contributed by atoms with Crippen LogP contribution < -0.4 is 10.1 Å². The second-order valence-corrected chi connectivity index (χ2v) is 4.88. The number of aliphatic hydroxyl groups excluding tert-OH is 1. The lowest BCUT2D eigenvalue weighted by atomic mass is 10.0. The summed E-state index contributed by atoms with van der Waals surface area (Å²) >= 11 is 0. The Hall–Kier alpha value is -1.55. The first-order valence-electron chi connectivity index (χ1n) is 6.32. The van der Waals surface area contributed by atoms with Crippen LogP contribution in [0, 0.1) is 0 Å². The molecular formula is C14H19NO3. The van der Waals surface area contributed by atoms with Gasteiger partial charge in [-0.1, -0.05) is 0 Å². The molecule has 0 fully saturated rings. The maximum atomic E-state index is 11.2. The van der Waals surface area contributed by atoms with Gasteiger partial charge in [-0.15, -0.1) is 0 Å². The molecule has 2 N–H and O–H groups in total. The molecule has 0 aromatic heterocycles. The zero-order valence-electron chi connectivity index (χ0n) is 10.8. The third kappa shape index (κ3) is 3.23. The minimum atomic E-state index is -0.364. The van der Waals surface area contributed by atoms with Gasteiger partial charge in [0.15, 0.2) is 0 Å². The van der Waals surface area contributed by atoms with Crippen molar-refractivity contribution in [3.63, 3.8) is 0 Å². The summed E-state index contributed by atoms with van der Waals surface area (Å²) in [6.45, 7) is 3.69. The number of hydrogen-bond acceptors (Lipinski definition) is 3. The lowest BCUT2D eigenvalue weighted by Crippen LogP contribution is -2.20. The van der Waals surface area contributed by atoms with E-state index in [0.29, 0.717) is 12.8 Å². The molecule has 4 heteroatoms. The molecular weight excluding hydrogens is 230 g/mol. The van der Waals surface area contributed by atoms with Crippen molar-refractivity contribution in [2.75, 3.05) is 5.32 Å². The van der Waals surface area contributed by atoms with Gasteiger partial charge in [-0.05, 0) is 44.0 Å². The molecule has 18 heavy (non-hydrogen) atoms. The molecule has 0 spiro atoms. The summed E-state index contributed by atoms with van der Waals surface area (Å²) in [7, 11) is 0. The first-order chi connectivity index (χ1) is 8.54. The molecule has 2 atom stereocenters. The van der Waals surface area contributed by atoms with Crippen LogP contribution in [-0.4, -0.2) is 23.2 Å². The van der Waals surface area contributed by atoms with Gasteiger partial charge in [0.25, 0.3) is 0 Å². The van der Waals surface area contributed by atoms with E-state index in [1.54, 1.807) is 6.92 Å². The summed E-state index contributed by atoms with van der Waals surface area (Å²) in [5.74, 6) is 0.858. The van der Waals surface area contributed by atoms with Crippen molar-refractivity contribution in [3.8, 4) is 5.75 Å². The maximum Gasteiger partial charge on any atom is 0.224 e. The molecule has 0 aliphatic carbocycles. The summed E-state index contributed by atoms with van der Waals surface area (Å²) in [5, 5.41) is 12.1. The number of rotatable bonds is 4. The zero-order chi connectivity index (χ0) is 13.1. The normalized spacial score (nSPS) is 17.6. The molecule has 1 aromatic carbocycles. The number of nitrogens with one attached hydrogen (secondary N) is 1. The standard InChI is InChI=1S/C14H19NO3/c1-9(16)7-10(2)18-12-4-5-13-11(8-12)3-6-14(17)15-13/h4-5,8-10,16H,3,6-7H2,1-2H3,(H,15,17). The molecule has 1 amide bonds. The highest BCUT2D eigenvalue weighted by molar-refractivity contribution is 5.93. The van der Waals surface area contributed by atoms with Crippen LogP contribution in [0.1, 0.15) is 32.3 Å². The summed E-state index contributed by atoms with van der Waals surface area (Å²) in [6.07, 6.45) is 1.49. The second-order valence-electron chi connectivity index (χ2n) is 4.88. The Morgan fingerprint density at radius 1 is 1.39 bits per heavy atom. The third-order valence-corrected chi connectivity index (χ3v) is 2.98. The van der Waals surface area contributed by atoms with Crippen LogP contribution in [0.5, 0.6) is 5.75 Å². The molecule has 1 aliphatic heterocycles. The van der Waals surface area contributed by atoms with E-state index in [0.717, 1.165) is 23.4 Å². The van der Waals surface area contributed by atoms with Crippen molar-refractivity contribution >= 4 is 11.6 Å². The molecule has 1 heterocycles. The average molecular weight is 249 g/mol. The monoisotopic (exact) mass is 249 g/mol. The number of aliphatic hydroxyl groups is 1. The minimum absolute atomic E-state index is 0.0266. The number of hydrogen-bond donors (Lipinski definition) is 2. The number of carbonyl (C=O) groups is 1. The molecule has 0 bridgehead atoms. The Kier molecular flexibility index (Phi) is 3.87. The summed E-state index contributed by atoms with van der Waals surface area (Å²) in [5.41, 5.74) is 1.98. The first-order valence-corrected chi connectivity index (χ1v) is 6.32. The van der Waals surface area contributed by atoms with E-state index < -0.39 is 0 Å².